The van der Waals surface area contributed by atoms with Gasteiger partial charge in [-0.2, -0.15) is 5.26 Å². The first-order chi connectivity index (χ1) is 21.7. The molecule has 0 aliphatic carbocycles. The summed E-state index contributed by atoms with van der Waals surface area (Å²) in [7, 11) is 0.217. The van der Waals surface area contributed by atoms with Crippen LogP contribution in [0, 0.1) is 18.3 Å². The van der Waals surface area contributed by atoms with Gasteiger partial charge in [0.05, 0.1) is 22.6 Å². The number of rotatable bonds is 3. The number of hydrogen-bond acceptors (Lipinski definition) is 2. The molecule has 1 aliphatic heterocycles. The lowest BCUT2D eigenvalue weighted by Crippen LogP contribution is -2.49. The second-order valence-corrected chi connectivity index (χ2v) is 17.7. The molecule has 5 aromatic carbocycles. The molecule has 3 heterocycles. The van der Waals surface area contributed by atoms with E-state index in [0.29, 0.717) is 11.5 Å². The summed E-state index contributed by atoms with van der Waals surface area (Å²) in [6, 6.07) is 35.5. The minimum Gasteiger partial charge on any atom is -0.454 e. The number of aromatic nitrogens is 1. The quantitative estimate of drug-likeness (QED) is 0.150. The Balaban J connectivity index is 1.41. The largest absolute Gasteiger partial charge is 0.454 e. The number of benzene rings is 5. The summed E-state index contributed by atoms with van der Waals surface area (Å²) < 4.78 is 9.20. The van der Waals surface area contributed by atoms with Crippen molar-refractivity contribution in [2.24, 2.45) is 7.05 Å². The van der Waals surface area contributed by atoms with Gasteiger partial charge in [0.2, 0.25) is 5.69 Å². The lowest BCUT2D eigenvalue weighted by atomic mass is 9.93. The Labute approximate surface area is 265 Å². The Bertz CT molecular complexity index is 2420. The van der Waals surface area contributed by atoms with E-state index in [0.717, 1.165) is 49.9 Å². The fourth-order valence-electron chi connectivity index (χ4n) is 7.60. The Morgan fingerprint density at radius 1 is 0.756 bits per heavy atom. The van der Waals surface area contributed by atoms with Gasteiger partial charge in [0.15, 0.2) is 6.20 Å². The molecule has 0 amide bonds. The number of nitrogens with zero attached hydrogens (tertiary/aromatic N) is 2. The molecule has 0 bridgehead atoms. The highest BCUT2D eigenvalue weighted by Gasteiger charge is 2.37. The molecule has 0 unspecified atom stereocenters. The van der Waals surface area contributed by atoms with Crippen molar-refractivity contribution in [3.05, 3.63) is 114 Å². The highest BCUT2D eigenvalue weighted by atomic mass is 28.3. The van der Waals surface area contributed by atoms with Gasteiger partial charge in [-0.1, -0.05) is 93.7 Å². The Hall–Kier alpha value is -4.98. The zero-order valence-corrected chi connectivity index (χ0v) is 27.6. The van der Waals surface area contributed by atoms with Gasteiger partial charge < -0.3 is 4.42 Å². The Morgan fingerprint density at radius 3 is 2.24 bits per heavy atom. The second kappa shape index (κ2) is 9.76. The summed E-state index contributed by atoms with van der Waals surface area (Å²) in [4.78, 5) is 0. The average Bonchev–Trinajstić information content (AvgIpc) is 3.53. The van der Waals surface area contributed by atoms with Crippen LogP contribution in [0.15, 0.2) is 102 Å². The molecule has 7 aromatic rings. The molecule has 2 aromatic heterocycles. The van der Waals surface area contributed by atoms with Crippen molar-refractivity contribution in [1.82, 2.24) is 0 Å². The summed E-state index contributed by atoms with van der Waals surface area (Å²) in [5.74, 6) is 0.460. The van der Waals surface area contributed by atoms with E-state index < -0.39 is 8.07 Å². The molecular weight excluding hydrogens is 565 g/mol. The van der Waals surface area contributed by atoms with Crippen LogP contribution in [-0.2, 0) is 7.05 Å². The molecule has 0 N–H and O–H groups in total. The van der Waals surface area contributed by atoms with E-state index in [1.54, 1.807) is 0 Å². The third kappa shape index (κ3) is 3.90. The van der Waals surface area contributed by atoms with E-state index in [4.69, 9.17) is 4.42 Å². The number of fused-ring (bicyclic) bond motifs is 7. The topological polar surface area (TPSA) is 40.8 Å². The fraction of sp³-hybridized carbons (Fsp3) is 0.171. The van der Waals surface area contributed by atoms with Gasteiger partial charge in [-0.05, 0) is 74.6 Å². The van der Waals surface area contributed by atoms with Crippen LogP contribution < -0.4 is 14.9 Å². The Kier molecular flexibility index (Phi) is 5.98. The molecule has 0 spiro atoms. The van der Waals surface area contributed by atoms with Crippen LogP contribution in [0.5, 0.6) is 0 Å². The van der Waals surface area contributed by atoms with E-state index in [1.165, 1.54) is 37.8 Å². The number of aryl methyl sites for hydroxylation is 2. The maximum atomic E-state index is 10.4. The van der Waals surface area contributed by atoms with E-state index in [1.807, 2.05) is 6.07 Å². The van der Waals surface area contributed by atoms with Gasteiger partial charge in [0.1, 0.15) is 26.3 Å². The molecule has 8 rings (SSSR count). The van der Waals surface area contributed by atoms with E-state index in [-0.39, 0.29) is 0 Å². The van der Waals surface area contributed by atoms with Crippen LogP contribution in [0.2, 0.25) is 13.1 Å². The van der Waals surface area contributed by atoms with Crippen molar-refractivity contribution in [3.8, 4) is 39.6 Å². The molecule has 4 heteroatoms. The predicted molar refractivity (Wildman–Crippen MR) is 189 cm³/mol. The third-order valence-electron chi connectivity index (χ3n) is 10.1. The van der Waals surface area contributed by atoms with E-state index in [2.05, 4.69) is 143 Å². The first kappa shape index (κ1) is 27.6. The fourth-order valence-corrected chi connectivity index (χ4v) is 10.7. The van der Waals surface area contributed by atoms with Crippen molar-refractivity contribution < 1.29 is 8.98 Å². The van der Waals surface area contributed by atoms with Gasteiger partial charge >= 0.3 is 0 Å². The van der Waals surface area contributed by atoms with Gasteiger partial charge in [-0.3, -0.25) is 0 Å². The Morgan fingerprint density at radius 2 is 1.47 bits per heavy atom. The van der Waals surface area contributed by atoms with Crippen LogP contribution in [0.25, 0.3) is 66.2 Å². The van der Waals surface area contributed by atoms with Gasteiger partial charge in [-0.25, -0.2) is 4.57 Å². The molecular formula is C41H35N2OSi+. The molecule has 0 fully saturated rings. The maximum absolute atomic E-state index is 10.4. The maximum Gasteiger partial charge on any atom is 0.224 e. The van der Waals surface area contributed by atoms with Crippen molar-refractivity contribution in [2.75, 3.05) is 0 Å². The van der Waals surface area contributed by atoms with Gasteiger partial charge in [-0.15, -0.1) is 0 Å². The van der Waals surface area contributed by atoms with Crippen molar-refractivity contribution >= 4 is 51.2 Å². The smallest absolute Gasteiger partial charge is 0.224 e. The van der Waals surface area contributed by atoms with Crippen molar-refractivity contribution in [2.45, 2.75) is 39.8 Å². The minimum atomic E-state index is -1.89. The van der Waals surface area contributed by atoms with Crippen LogP contribution in [0.1, 0.15) is 36.5 Å². The van der Waals surface area contributed by atoms with Crippen LogP contribution in [0.4, 0.5) is 0 Å². The average molecular weight is 600 g/mol. The van der Waals surface area contributed by atoms with Crippen molar-refractivity contribution in [3.63, 3.8) is 0 Å². The molecule has 1 aliphatic rings. The molecule has 45 heavy (non-hydrogen) atoms. The first-order valence-electron chi connectivity index (χ1n) is 15.8. The highest BCUT2D eigenvalue weighted by Crippen LogP contribution is 2.43. The number of hydrogen-bond donors (Lipinski definition) is 0. The highest BCUT2D eigenvalue weighted by molar-refractivity contribution is 7.03. The molecule has 0 saturated carbocycles. The zero-order chi connectivity index (χ0) is 31.2. The van der Waals surface area contributed by atoms with Crippen molar-refractivity contribution in [1.29, 1.82) is 5.26 Å². The molecule has 3 nitrogen and oxygen atoms in total. The predicted octanol–water partition coefficient (Wildman–Crippen LogP) is 9.00. The van der Waals surface area contributed by atoms with Gasteiger partial charge in [0.25, 0.3) is 0 Å². The number of furan rings is 1. The zero-order valence-electron chi connectivity index (χ0n) is 26.6. The number of nitriles is 1. The summed E-state index contributed by atoms with van der Waals surface area (Å²) in [6.45, 7) is 11.5. The summed E-state index contributed by atoms with van der Waals surface area (Å²) >= 11 is 0. The number of pyridine rings is 1. The summed E-state index contributed by atoms with van der Waals surface area (Å²) in [5.41, 5.74) is 11.6. The summed E-state index contributed by atoms with van der Waals surface area (Å²) in [6.07, 6.45) is 2.15. The SMILES string of the molecule is Cc1ccc2c(oc3c(-c4ccc5c(c4)[Si](C)(C)c4ccccc4-5)c(C#N)ccc32)c1-c1c2ccc(C(C)C)cc2cc[n+]1C. The summed E-state index contributed by atoms with van der Waals surface area (Å²) in [5, 5.41) is 17.8. The van der Waals surface area contributed by atoms with Crippen LogP contribution >= 0.6 is 0 Å². The third-order valence-corrected chi connectivity index (χ3v) is 13.6. The molecule has 0 radical (unpaired) electrons. The van der Waals surface area contributed by atoms with Crippen LogP contribution in [-0.4, -0.2) is 8.07 Å². The standard InChI is InChI=1S/C41H35N2OSi/c1-24(2)26-12-16-30-27(21-26)19-20-43(4)39(30)37-25(3)11-15-33-34-18-14-29(23-42)38(41(34)44-40(33)37)28-13-17-32-31-9-7-8-10-35(31)45(5,6)36(32)22-28/h7-22,24H,1-6H3/q+1. The molecule has 0 atom stereocenters. The van der Waals surface area contributed by atoms with E-state index >= 15 is 0 Å². The second-order valence-electron chi connectivity index (χ2n) is 13.4. The van der Waals surface area contributed by atoms with Gasteiger partial charge in [0, 0.05) is 22.4 Å². The molecule has 218 valence electrons. The first-order valence-corrected chi connectivity index (χ1v) is 18.8. The monoisotopic (exact) mass is 599 g/mol. The molecule has 0 saturated heterocycles. The normalized spacial score (nSPS) is 13.5. The van der Waals surface area contributed by atoms with Crippen LogP contribution in [0.3, 0.4) is 0 Å². The minimum absolute atomic E-state index is 0.460. The van der Waals surface area contributed by atoms with E-state index in [9.17, 15) is 5.26 Å². The lowest BCUT2D eigenvalue weighted by molar-refractivity contribution is -0.659. The lowest BCUT2D eigenvalue weighted by Gasteiger charge is -2.19.